The van der Waals surface area contributed by atoms with Crippen molar-refractivity contribution in [1.82, 2.24) is 5.32 Å². The molecule has 196 valence electrons. The fraction of sp³-hybridized carbons (Fsp3) is 0.739. The van der Waals surface area contributed by atoms with Gasteiger partial charge in [0.15, 0.2) is 11.5 Å². The van der Waals surface area contributed by atoms with Crippen LogP contribution in [0, 0.1) is 0 Å². The molecule has 2 aliphatic rings. The Morgan fingerprint density at radius 3 is 2.44 bits per heavy atom. The van der Waals surface area contributed by atoms with E-state index in [1.165, 1.54) is 12.0 Å². The summed E-state index contributed by atoms with van der Waals surface area (Å²) < 4.78 is 48.0. The number of aliphatic hydroxyl groups excluding tert-OH is 1. The zero-order chi connectivity index (χ0) is 24.8. The summed E-state index contributed by atoms with van der Waals surface area (Å²) in [5, 5.41) is 16.5. The summed E-state index contributed by atoms with van der Waals surface area (Å²) in [6.45, 7) is 3.25. The van der Waals surface area contributed by atoms with Crippen molar-refractivity contribution in [3.05, 3.63) is 23.3 Å². The average molecular weight is 505 g/mol. The number of nitrogens with one attached hydrogen (secondary N) is 1. The third kappa shape index (κ3) is 10.4. The van der Waals surface area contributed by atoms with Crippen LogP contribution in [0.1, 0.15) is 55.8 Å². The minimum absolute atomic E-state index is 0.0925. The first-order valence-electron chi connectivity index (χ1n) is 11.8. The molecule has 0 spiro atoms. The fourth-order valence-corrected chi connectivity index (χ4v) is 4.63. The number of fused-ring (bicyclic) bond motifs is 1. The van der Waals surface area contributed by atoms with E-state index in [-0.39, 0.29) is 18.8 Å². The quantitative estimate of drug-likeness (QED) is 0.385. The molecule has 1 atom stereocenters. The predicted molar refractivity (Wildman–Crippen MR) is 128 cm³/mol. The summed E-state index contributed by atoms with van der Waals surface area (Å²) >= 11 is 0. The van der Waals surface area contributed by atoms with Crippen LogP contribution < -0.4 is 19.9 Å². The van der Waals surface area contributed by atoms with Crippen LogP contribution in [0.4, 0.5) is 0 Å². The van der Waals surface area contributed by atoms with E-state index in [9.17, 15) is 8.42 Å². The van der Waals surface area contributed by atoms with Gasteiger partial charge in [0.1, 0.15) is 6.10 Å². The summed E-state index contributed by atoms with van der Waals surface area (Å²) in [5.74, 6) is 1.47. The molecule has 0 radical (unpaired) electrons. The zero-order valence-electron chi connectivity index (χ0n) is 20.3. The highest BCUT2D eigenvalue weighted by Crippen LogP contribution is 2.36. The van der Waals surface area contributed by atoms with Gasteiger partial charge in [-0.15, -0.1) is 0 Å². The van der Waals surface area contributed by atoms with Crippen LogP contribution in [-0.2, 0) is 30.4 Å². The van der Waals surface area contributed by atoms with E-state index in [0.717, 1.165) is 56.4 Å². The maximum absolute atomic E-state index is 10.5. The number of methoxy groups -OCH3 is 2. The van der Waals surface area contributed by atoms with E-state index < -0.39 is 10.3 Å². The highest BCUT2D eigenvalue weighted by atomic mass is 32.2. The Balaban J connectivity index is 0.000000310. The van der Waals surface area contributed by atoms with Gasteiger partial charge in [0.25, 0.3) is 0 Å². The van der Waals surface area contributed by atoms with Gasteiger partial charge in [-0.2, -0.15) is 8.42 Å². The van der Waals surface area contributed by atoms with Gasteiger partial charge >= 0.3 is 10.3 Å². The molecule has 10 nitrogen and oxygen atoms in total. The lowest BCUT2D eigenvalue weighted by atomic mass is 9.98. The third-order valence-electron chi connectivity index (χ3n) is 5.71. The molecule has 1 fully saturated rings. The second-order valence-corrected chi connectivity index (χ2v) is 9.44. The first-order chi connectivity index (χ1) is 16.4. The summed E-state index contributed by atoms with van der Waals surface area (Å²) in [7, 11) is -0.434. The van der Waals surface area contributed by atoms with Gasteiger partial charge in [-0.3, -0.25) is 4.18 Å². The first kappa shape index (κ1) is 28.8. The maximum Gasteiger partial charge on any atom is 0.333 e. The number of benzene rings is 1. The molecular formula is C23H40N2O8S. The molecule has 1 saturated carbocycles. The van der Waals surface area contributed by atoms with Crippen LogP contribution in [0.5, 0.6) is 11.5 Å². The van der Waals surface area contributed by atoms with E-state index in [2.05, 4.69) is 9.50 Å². The molecule has 0 amide bonds. The van der Waals surface area contributed by atoms with E-state index >= 15 is 0 Å². The van der Waals surface area contributed by atoms with Gasteiger partial charge in [-0.05, 0) is 48.9 Å². The number of hydrogen-bond donors (Lipinski definition) is 3. The third-order valence-corrected chi connectivity index (χ3v) is 6.25. The molecule has 1 aromatic rings. The van der Waals surface area contributed by atoms with Gasteiger partial charge in [0.2, 0.25) is 0 Å². The Bertz CT molecular complexity index is 815. The summed E-state index contributed by atoms with van der Waals surface area (Å²) in [5.41, 5.74) is 2.34. The van der Waals surface area contributed by atoms with Gasteiger partial charge in [0, 0.05) is 19.7 Å². The standard InChI is InChI=1S/C17H27NO5.C6H13NO3S/c1-20-15-10-13-4-3-8-23-17(14(13)11-16(15)21-2)12-22-9-6-18-5-7-19;7-11(8,9)10-6-4-2-1-3-5-6/h10-11,17-19H,3-9,12H2,1-2H3;6H,1-5H2,(H2,7,8,9). The van der Waals surface area contributed by atoms with Gasteiger partial charge in [-0.25, -0.2) is 5.14 Å². The molecule has 3 rings (SSSR count). The van der Waals surface area contributed by atoms with Crippen molar-refractivity contribution in [1.29, 1.82) is 0 Å². The number of hydrogen-bond acceptors (Lipinski definition) is 9. The first-order valence-corrected chi connectivity index (χ1v) is 13.3. The minimum Gasteiger partial charge on any atom is -0.493 e. The van der Waals surface area contributed by atoms with Crippen LogP contribution in [0.2, 0.25) is 0 Å². The predicted octanol–water partition coefficient (Wildman–Crippen LogP) is 1.85. The van der Waals surface area contributed by atoms with Crippen molar-refractivity contribution in [2.45, 2.75) is 57.2 Å². The summed E-state index contributed by atoms with van der Waals surface area (Å²) in [4.78, 5) is 0. The Morgan fingerprint density at radius 2 is 1.79 bits per heavy atom. The molecule has 1 unspecified atom stereocenters. The monoisotopic (exact) mass is 504 g/mol. The lowest BCUT2D eigenvalue weighted by molar-refractivity contribution is -0.0149. The second kappa shape index (κ2) is 15.5. The van der Waals surface area contributed by atoms with Crippen LogP contribution in [0.15, 0.2) is 12.1 Å². The highest BCUT2D eigenvalue weighted by molar-refractivity contribution is 7.84. The number of ether oxygens (including phenoxy) is 4. The van der Waals surface area contributed by atoms with Crippen LogP contribution in [0.3, 0.4) is 0 Å². The Morgan fingerprint density at radius 1 is 1.09 bits per heavy atom. The van der Waals surface area contributed by atoms with Crippen molar-refractivity contribution in [3.8, 4) is 11.5 Å². The Hall–Kier alpha value is -1.47. The largest absolute Gasteiger partial charge is 0.493 e. The lowest BCUT2D eigenvalue weighted by Crippen LogP contribution is -2.25. The SMILES string of the molecule is COc1cc2c(cc1OC)C(COCCNCCO)OCCC2.NS(=O)(=O)OC1CCCCC1. The molecule has 0 aromatic heterocycles. The number of aryl methyl sites for hydroxylation is 1. The lowest BCUT2D eigenvalue weighted by Gasteiger charge is -2.20. The van der Waals surface area contributed by atoms with Crippen molar-refractivity contribution in [2.75, 3.05) is 53.7 Å². The molecule has 1 aromatic carbocycles. The van der Waals surface area contributed by atoms with Crippen LogP contribution in [-0.4, -0.2) is 73.4 Å². The maximum atomic E-state index is 10.5. The van der Waals surface area contributed by atoms with Crippen molar-refractivity contribution >= 4 is 10.3 Å². The Labute approximate surface area is 203 Å². The molecule has 1 aliphatic heterocycles. The topological polar surface area (TPSA) is 139 Å². The normalized spacial score (nSPS) is 18.9. The molecule has 0 bridgehead atoms. The van der Waals surface area contributed by atoms with Gasteiger partial charge in [-0.1, -0.05) is 19.3 Å². The van der Waals surface area contributed by atoms with E-state index in [1.54, 1.807) is 14.2 Å². The molecule has 11 heteroatoms. The number of nitrogens with two attached hydrogens (primary N) is 1. The van der Waals surface area contributed by atoms with Crippen molar-refractivity contribution in [2.24, 2.45) is 5.14 Å². The minimum atomic E-state index is -3.72. The number of aliphatic hydroxyl groups is 1. The molecule has 34 heavy (non-hydrogen) atoms. The van der Waals surface area contributed by atoms with E-state index in [4.69, 9.17) is 29.2 Å². The molecule has 1 heterocycles. The molecule has 4 N–H and O–H groups in total. The summed E-state index contributed by atoms with van der Waals surface area (Å²) in [6.07, 6.45) is 6.57. The molecule has 0 saturated heterocycles. The molecule has 1 aliphatic carbocycles. The average Bonchev–Trinajstić information content (AvgIpc) is 3.02. The second-order valence-electron chi connectivity index (χ2n) is 8.27. The van der Waals surface area contributed by atoms with Gasteiger partial charge < -0.3 is 29.4 Å². The van der Waals surface area contributed by atoms with E-state index in [1.807, 2.05) is 12.1 Å². The summed E-state index contributed by atoms with van der Waals surface area (Å²) in [6, 6.07) is 4.04. The van der Waals surface area contributed by atoms with E-state index in [0.29, 0.717) is 32.1 Å². The van der Waals surface area contributed by atoms with Crippen molar-refractivity contribution in [3.63, 3.8) is 0 Å². The van der Waals surface area contributed by atoms with Gasteiger partial charge in [0.05, 0.1) is 40.1 Å². The zero-order valence-corrected chi connectivity index (χ0v) is 21.1. The Kier molecular flexibility index (Phi) is 13.1. The number of rotatable bonds is 11. The van der Waals surface area contributed by atoms with Crippen LogP contribution in [0.25, 0.3) is 0 Å². The fourth-order valence-electron chi connectivity index (χ4n) is 4.06. The highest BCUT2D eigenvalue weighted by Gasteiger charge is 2.22. The van der Waals surface area contributed by atoms with Crippen molar-refractivity contribution < 1.29 is 36.7 Å². The van der Waals surface area contributed by atoms with Crippen LogP contribution >= 0.6 is 0 Å². The molecular weight excluding hydrogens is 464 g/mol. The smallest absolute Gasteiger partial charge is 0.333 e.